The zero-order valence-electron chi connectivity index (χ0n) is 16.6. The number of fused-ring (bicyclic) bond motifs is 2. The van der Waals surface area contributed by atoms with Gasteiger partial charge >= 0.3 is 0 Å². The molecule has 0 atom stereocenters. The molecule has 0 saturated heterocycles. The molecular weight excluding hydrogens is 384 g/mol. The SMILES string of the molecule is c1cncc(-c2nc3ccc(Cc4ccc5nc(-c6cccnc6)[nH]c5c4)cc3[nH]2)c1. The molecule has 0 amide bonds. The standard InChI is InChI=1S/C25H18N6/c1-3-18(14-26-9-1)24-28-20-7-5-16(12-22(20)30-24)11-17-6-8-21-23(13-17)31-25(29-21)19-4-2-10-27-15-19/h1-10,12-15H,11H2,(H,28,30)(H,29,31). The molecule has 0 aliphatic heterocycles. The third-order valence-corrected chi connectivity index (χ3v) is 5.37. The topological polar surface area (TPSA) is 83.1 Å². The molecule has 0 fully saturated rings. The van der Waals surface area contributed by atoms with Crippen LogP contribution < -0.4 is 0 Å². The van der Waals surface area contributed by atoms with Crippen LogP contribution >= 0.6 is 0 Å². The van der Waals surface area contributed by atoms with Crippen LogP contribution in [0.2, 0.25) is 0 Å². The summed E-state index contributed by atoms with van der Waals surface area (Å²) >= 11 is 0. The van der Waals surface area contributed by atoms with Crippen molar-refractivity contribution in [2.75, 3.05) is 0 Å². The van der Waals surface area contributed by atoms with E-state index >= 15 is 0 Å². The molecule has 0 unspecified atom stereocenters. The number of imidazole rings is 2. The highest BCUT2D eigenvalue weighted by atomic mass is 14.9. The lowest BCUT2D eigenvalue weighted by atomic mass is 10.0. The first kappa shape index (κ1) is 17.5. The fraction of sp³-hybridized carbons (Fsp3) is 0.0400. The molecule has 6 heteroatoms. The molecule has 0 aliphatic rings. The molecule has 0 radical (unpaired) electrons. The van der Waals surface area contributed by atoms with Crippen LogP contribution in [-0.2, 0) is 6.42 Å². The van der Waals surface area contributed by atoms with Crippen molar-refractivity contribution in [3.8, 4) is 22.8 Å². The van der Waals surface area contributed by atoms with Gasteiger partial charge in [-0.1, -0.05) is 12.1 Å². The second-order valence-corrected chi connectivity index (χ2v) is 7.53. The minimum atomic E-state index is 0.828. The van der Waals surface area contributed by atoms with Gasteiger partial charge in [-0.15, -0.1) is 0 Å². The van der Waals surface area contributed by atoms with Crippen molar-refractivity contribution in [3.63, 3.8) is 0 Å². The number of hydrogen-bond acceptors (Lipinski definition) is 4. The van der Waals surface area contributed by atoms with Crippen molar-refractivity contribution in [1.82, 2.24) is 29.9 Å². The van der Waals surface area contributed by atoms with Crippen LogP contribution in [0.4, 0.5) is 0 Å². The van der Waals surface area contributed by atoms with E-state index in [1.807, 2.05) is 36.7 Å². The third-order valence-electron chi connectivity index (χ3n) is 5.37. The Balaban J connectivity index is 1.30. The fourth-order valence-electron chi connectivity index (χ4n) is 3.85. The maximum Gasteiger partial charge on any atom is 0.140 e. The molecule has 31 heavy (non-hydrogen) atoms. The number of benzene rings is 2. The molecule has 148 valence electrons. The number of hydrogen-bond donors (Lipinski definition) is 2. The van der Waals surface area contributed by atoms with Crippen LogP contribution in [0.25, 0.3) is 44.8 Å². The number of aromatic amines is 2. The van der Waals surface area contributed by atoms with Crippen molar-refractivity contribution in [2.45, 2.75) is 6.42 Å². The average molecular weight is 402 g/mol. The molecule has 0 spiro atoms. The van der Waals surface area contributed by atoms with Crippen molar-refractivity contribution in [1.29, 1.82) is 0 Å². The molecule has 6 nitrogen and oxygen atoms in total. The van der Waals surface area contributed by atoms with Crippen molar-refractivity contribution < 1.29 is 0 Å². The minimum absolute atomic E-state index is 0.828. The van der Waals surface area contributed by atoms with Crippen LogP contribution in [0.15, 0.2) is 85.5 Å². The normalized spacial score (nSPS) is 11.4. The Kier molecular flexibility index (Phi) is 4.06. The van der Waals surface area contributed by atoms with E-state index in [2.05, 4.69) is 66.3 Å². The molecular formula is C25H18N6. The van der Waals surface area contributed by atoms with Crippen molar-refractivity contribution in [2.24, 2.45) is 0 Å². The first-order valence-corrected chi connectivity index (χ1v) is 10.1. The maximum atomic E-state index is 4.69. The Bertz CT molecular complexity index is 1380. The van der Waals surface area contributed by atoms with Gasteiger partial charge in [0, 0.05) is 35.9 Å². The van der Waals surface area contributed by atoms with Crippen molar-refractivity contribution >= 4 is 22.1 Å². The van der Waals surface area contributed by atoms with E-state index in [1.165, 1.54) is 11.1 Å². The lowest BCUT2D eigenvalue weighted by Crippen LogP contribution is -1.88. The number of H-pyrrole nitrogens is 2. The summed E-state index contributed by atoms with van der Waals surface area (Å²) in [6.07, 6.45) is 7.99. The summed E-state index contributed by atoms with van der Waals surface area (Å²) in [5.41, 5.74) is 8.36. The Hall–Kier alpha value is -4.32. The van der Waals surface area contributed by atoms with Gasteiger partial charge in [0.05, 0.1) is 22.1 Å². The highest BCUT2D eigenvalue weighted by molar-refractivity contribution is 5.81. The molecule has 0 bridgehead atoms. The number of rotatable bonds is 4. The molecule has 0 saturated carbocycles. The molecule has 6 aromatic rings. The lowest BCUT2D eigenvalue weighted by molar-refractivity contribution is 1.20. The predicted octanol–water partition coefficient (Wildman–Crippen LogP) is 5.15. The highest BCUT2D eigenvalue weighted by Gasteiger charge is 2.09. The fourth-order valence-corrected chi connectivity index (χ4v) is 3.85. The van der Waals surface area contributed by atoms with E-state index in [0.717, 1.165) is 51.3 Å². The smallest absolute Gasteiger partial charge is 0.140 e. The van der Waals surface area contributed by atoms with Crippen LogP contribution in [-0.4, -0.2) is 29.9 Å². The summed E-state index contributed by atoms with van der Waals surface area (Å²) in [5.74, 6) is 1.67. The first-order valence-electron chi connectivity index (χ1n) is 10.1. The maximum absolute atomic E-state index is 4.69. The number of pyridine rings is 2. The summed E-state index contributed by atoms with van der Waals surface area (Å²) in [7, 11) is 0. The second-order valence-electron chi connectivity index (χ2n) is 7.53. The minimum Gasteiger partial charge on any atom is -0.338 e. The van der Waals surface area contributed by atoms with Crippen molar-refractivity contribution in [3.05, 3.63) is 96.6 Å². The molecule has 2 N–H and O–H groups in total. The first-order chi connectivity index (χ1) is 15.3. The molecule has 2 aromatic carbocycles. The quantitative estimate of drug-likeness (QED) is 0.427. The van der Waals surface area contributed by atoms with E-state index in [0.29, 0.717) is 0 Å². The van der Waals surface area contributed by atoms with Gasteiger partial charge in [-0.3, -0.25) is 9.97 Å². The highest BCUT2D eigenvalue weighted by Crippen LogP contribution is 2.24. The van der Waals surface area contributed by atoms with E-state index in [-0.39, 0.29) is 0 Å². The van der Waals surface area contributed by atoms with E-state index in [1.54, 1.807) is 12.4 Å². The van der Waals surface area contributed by atoms with Gasteiger partial charge in [-0.25, -0.2) is 9.97 Å². The van der Waals surface area contributed by atoms with Crippen LogP contribution in [0.3, 0.4) is 0 Å². The monoisotopic (exact) mass is 402 g/mol. The van der Waals surface area contributed by atoms with E-state index in [4.69, 9.17) is 0 Å². The second kappa shape index (κ2) is 7.18. The van der Waals surface area contributed by atoms with Gasteiger partial charge in [0.15, 0.2) is 0 Å². The Morgan fingerprint density at radius 3 is 1.58 bits per heavy atom. The average Bonchev–Trinajstić information content (AvgIpc) is 3.44. The third kappa shape index (κ3) is 3.34. The predicted molar refractivity (Wildman–Crippen MR) is 121 cm³/mol. The largest absolute Gasteiger partial charge is 0.338 e. The summed E-state index contributed by atoms with van der Waals surface area (Å²) in [6, 6.07) is 20.6. The number of aromatic nitrogens is 6. The van der Waals surface area contributed by atoms with Gasteiger partial charge < -0.3 is 9.97 Å². The van der Waals surface area contributed by atoms with Crippen LogP contribution in [0.5, 0.6) is 0 Å². The summed E-state index contributed by atoms with van der Waals surface area (Å²) in [6.45, 7) is 0. The molecule has 6 rings (SSSR count). The van der Waals surface area contributed by atoms with Gasteiger partial charge in [0.1, 0.15) is 11.6 Å². The van der Waals surface area contributed by atoms with Gasteiger partial charge in [-0.2, -0.15) is 0 Å². The van der Waals surface area contributed by atoms with Gasteiger partial charge in [-0.05, 0) is 66.1 Å². The van der Waals surface area contributed by atoms with Gasteiger partial charge in [0.2, 0.25) is 0 Å². The Labute approximate surface area is 178 Å². The molecule has 0 aliphatic carbocycles. The lowest BCUT2D eigenvalue weighted by Gasteiger charge is -2.02. The molecule has 4 aromatic heterocycles. The van der Waals surface area contributed by atoms with Crippen LogP contribution in [0, 0.1) is 0 Å². The van der Waals surface area contributed by atoms with Crippen LogP contribution in [0.1, 0.15) is 11.1 Å². The zero-order chi connectivity index (χ0) is 20.6. The Morgan fingerprint density at radius 1 is 0.613 bits per heavy atom. The zero-order valence-corrected chi connectivity index (χ0v) is 16.6. The Morgan fingerprint density at radius 2 is 1.13 bits per heavy atom. The number of nitrogens with one attached hydrogen (secondary N) is 2. The van der Waals surface area contributed by atoms with E-state index < -0.39 is 0 Å². The van der Waals surface area contributed by atoms with E-state index in [9.17, 15) is 0 Å². The number of nitrogens with zero attached hydrogens (tertiary/aromatic N) is 4. The summed E-state index contributed by atoms with van der Waals surface area (Å²) < 4.78 is 0. The molecule has 4 heterocycles. The summed E-state index contributed by atoms with van der Waals surface area (Å²) in [5, 5.41) is 0. The van der Waals surface area contributed by atoms with Gasteiger partial charge in [0.25, 0.3) is 0 Å². The summed E-state index contributed by atoms with van der Waals surface area (Å²) in [4.78, 5) is 24.6.